The van der Waals surface area contributed by atoms with Gasteiger partial charge in [0.2, 0.25) is 5.91 Å². The molecule has 4 rings (SSSR count). The molecule has 2 aromatic heterocycles. The molecule has 2 aliphatic rings. The number of carbonyl (C=O) groups excluding carboxylic acids is 1. The van der Waals surface area contributed by atoms with Crippen LogP contribution in [-0.2, 0) is 17.8 Å². The molecule has 0 atom stereocenters. The molecule has 126 valence electrons. The van der Waals surface area contributed by atoms with Gasteiger partial charge in [-0.3, -0.25) is 4.79 Å². The van der Waals surface area contributed by atoms with E-state index in [1.54, 1.807) is 11.3 Å². The van der Waals surface area contributed by atoms with Crippen molar-refractivity contribution < 1.29 is 9.18 Å². The molecule has 0 aromatic carbocycles. The van der Waals surface area contributed by atoms with E-state index < -0.39 is 5.82 Å². The van der Waals surface area contributed by atoms with Crippen molar-refractivity contribution in [1.29, 1.82) is 0 Å². The molecular weight excluding hydrogens is 327 g/mol. The molecule has 0 aliphatic carbocycles. The van der Waals surface area contributed by atoms with Gasteiger partial charge >= 0.3 is 0 Å². The van der Waals surface area contributed by atoms with E-state index in [4.69, 9.17) is 0 Å². The first-order valence-corrected chi connectivity index (χ1v) is 9.15. The number of aromatic nitrogens is 2. The smallest absolute Gasteiger partial charge is 0.226 e. The summed E-state index contributed by atoms with van der Waals surface area (Å²) in [6.07, 6.45) is 5.00. The van der Waals surface area contributed by atoms with E-state index in [0.29, 0.717) is 18.9 Å². The quantitative estimate of drug-likeness (QED) is 0.838. The predicted octanol–water partition coefficient (Wildman–Crippen LogP) is 2.48. The van der Waals surface area contributed by atoms with Gasteiger partial charge < -0.3 is 9.80 Å². The van der Waals surface area contributed by atoms with Crippen LogP contribution >= 0.6 is 11.3 Å². The van der Waals surface area contributed by atoms with Gasteiger partial charge in [0.15, 0.2) is 11.6 Å². The molecule has 24 heavy (non-hydrogen) atoms. The van der Waals surface area contributed by atoms with Crippen LogP contribution in [0.4, 0.5) is 10.2 Å². The number of hydrogen-bond donors (Lipinski definition) is 0. The first-order valence-electron chi connectivity index (χ1n) is 8.27. The number of amides is 1. The highest BCUT2D eigenvalue weighted by molar-refractivity contribution is 7.10. The predicted molar refractivity (Wildman–Crippen MR) is 90.4 cm³/mol. The zero-order valence-electron chi connectivity index (χ0n) is 13.3. The van der Waals surface area contributed by atoms with Crippen LogP contribution in [-0.4, -0.2) is 40.4 Å². The van der Waals surface area contributed by atoms with Crippen LogP contribution in [0.15, 0.2) is 24.0 Å². The summed E-state index contributed by atoms with van der Waals surface area (Å²) in [4.78, 5) is 25.8. The Balaban J connectivity index is 1.38. The van der Waals surface area contributed by atoms with E-state index in [1.165, 1.54) is 23.0 Å². The number of rotatable bonds is 2. The molecule has 4 heterocycles. The average molecular weight is 346 g/mol. The Labute approximate surface area is 144 Å². The molecule has 1 fully saturated rings. The van der Waals surface area contributed by atoms with Crippen molar-refractivity contribution in [3.8, 4) is 0 Å². The minimum Gasteiger partial charge on any atom is -0.354 e. The van der Waals surface area contributed by atoms with Crippen LogP contribution < -0.4 is 4.90 Å². The SMILES string of the molecule is O=C(C1CCN(c2ncncc2F)CC1)N1CCc2sccc2C1. The van der Waals surface area contributed by atoms with Gasteiger partial charge in [0, 0.05) is 37.0 Å². The fourth-order valence-electron chi connectivity index (χ4n) is 3.57. The van der Waals surface area contributed by atoms with Crippen LogP contribution in [0.1, 0.15) is 23.3 Å². The highest BCUT2D eigenvalue weighted by Gasteiger charge is 2.31. The second-order valence-corrected chi connectivity index (χ2v) is 7.34. The van der Waals surface area contributed by atoms with Crippen molar-refractivity contribution in [3.63, 3.8) is 0 Å². The van der Waals surface area contributed by atoms with Crippen LogP contribution in [0.5, 0.6) is 0 Å². The van der Waals surface area contributed by atoms with Gasteiger partial charge in [-0.05, 0) is 36.3 Å². The highest BCUT2D eigenvalue weighted by Crippen LogP contribution is 2.28. The Bertz CT molecular complexity index is 742. The lowest BCUT2D eigenvalue weighted by atomic mass is 9.94. The zero-order valence-corrected chi connectivity index (χ0v) is 14.1. The van der Waals surface area contributed by atoms with Crippen LogP contribution in [0.2, 0.25) is 0 Å². The summed E-state index contributed by atoms with van der Waals surface area (Å²) < 4.78 is 13.8. The zero-order chi connectivity index (χ0) is 16.5. The van der Waals surface area contributed by atoms with E-state index in [-0.39, 0.29) is 11.8 Å². The van der Waals surface area contributed by atoms with Crippen molar-refractivity contribution in [3.05, 3.63) is 40.2 Å². The molecule has 0 radical (unpaired) electrons. The Kier molecular flexibility index (Phi) is 4.18. The molecule has 0 bridgehead atoms. The average Bonchev–Trinajstić information content (AvgIpc) is 3.09. The highest BCUT2D eigenvalue weighted by atomic mass is 32.1. The number of carbonyl (C=O) groups is 1. The summed E-state index contributed by atoms with van der Waals surface area (Å²) in [5.74, 6) is 0.223. The first kappa shape index (κ1) is 15.5. The summed E-state index contributed by atoms with van der Waals surface area (Å²) >= 11 is 1.78. The normalized spacial score (nSPS) is 18.5. The Morgan fingerprint density at radius 3 is 2.92 bits per heavy atom. The number of hydrogen-bond acceptors (Lipinski definition) is 5. The maximum absolute atomic E-state index is 13.8. The monoisotopic (exact) mass is 346 g/mol. The molecule has 2 aliphatic heterocycles. The van der Waals surface area contributed by atoms with Gasteiger partial charge in [0.1, 0.15) is 6.33 Å². The molecule has 1 saturated heterocycles. The standard InChI is InChI=1S/C17H19FN4OS/c18-14-9-19-11-20-16(14)21-5-1-12(2-6-21)17(23)22-7-3-15-13(10-22)4-8-24-15/h4,8-9,11-12H,1-3,5-7,10H2. The van der Waals surface area contributed by atoms with Crippen molar-refractivity contribution in [2.45, 2.75) is 25.8 Å². The molecular formula is C17H19FN4OS. The fourth-order valence-corrected chi connectivity index (χ4v) is 4.46. The summed E-state index contributed by atoms with van der Waals surface area (Å²) in [6, 6.07) is 2.12. The lowest BCUT2D eigenvalue weighted by Crippen LogP contribution is -2.44. The molecule has 5 nitrogen and oxygen atoms in total. The van der Waals surface area contributed by atoms with Crippen molar-refractivity contribution in [1.82, 2.24) is 14.9 Å². The lowest BCUT2D eigenvalue weighted by Gasteiger charge is -2.36. The lowest BCUT2D eigenvalue weighted by molar-refractivity contribution is -0.137. The van der Waals surface area contributed by atoms with Gasteiger partial charge in [-0.15, -0.1) is 11.3 Å². The number of piperidine rings is 1. The Hall–Kier alpha value is -2.02. The largest absolute Gasteiger partial charge is 0.354 e. The van der Waals surface area contributed by atoms with E-state index in [0.717, 1.165) is 32.4 Å². The maximum Gasteiger partial charge on any atom is 0.226 e. The number of halogens is 1. The van der Waals surface area contributed by atoms with Gasteiger partial charge in [-0.1, -0.05) is 0 Å². The number of thiophene rings is 1. The van der Waals surface area contributed by atoms with Gasteiger partial charge in [0.05, 0.1) is 6.20 Å². The minimum atomic E-state index is -0.400. The third kappa shape index (κ3) is 2.88. The third-order valence-electron chi connectivity index (χ3n) is 4.91. The summed E-state index contributed by atoms with van der Waals surface area (Å²) in [5.41, 5.74) is 1.29. The summed E-state index contributed by atoms with van der Waals surface area (Å²) in [6.45, 7) is 2.86. The van der Waals surface area contributed by atoms with E-state index in [9.17, 15) is 9.18 Å². The van der Waals surface area contributed by atoms with Crippen LogP contribution in [0.3, 0.4) is 0 Å². The van der Waals surface area contributed by atoms with Crippen LogP contribution in [0.25, 0.3) is 0 Å². The number of anilines is 1. The molecule has 0 spiro atoms. The topological polar surface area (TPSA) is 49.3 Å². The minimum absolute atomic E-state index is 0.0336. The first-order chi connectivity index (χ1) is 11.7. The third-order valence-corrected chi connectivity index (χ3v) is 5.93. The second-order valence-electron chi connectivity index (χ2n) is 6.33. The van der Waals surface area contributed by atoms with E-state index in [1.807, 2.05) is 9.80 Å². The summed E-state index contributed by atoms with van der Waals surface area (Å²) in [7, 11) is 0. The molecule has 1 amide bonds. The molecule has 2 aromatic rings. The second kappa shape index (κ2) is 6.47. The number of fused-ring (bicyclic) bond motifs is 1. The fraction of sp³-hybridized carbons (Fsp3) is 0.471. The van der Waals surface area contributed by atoms with E-state index >= 15 is 0 Å². The summed E-state index contributed by atoms with van der Waals surface area (Å²) in [5, 5.41) is 2.10. The molecule has 0 N–H and O–H groups in total. The maximum atomic E-state index is 13.8. The van der Waals surface area contributed by atoms with Gasteiger partial charge in [-0.25, -0.2) is 14.4 Å². The van der Waals surface area contributed by atoms with Crippen molar-refractivity contribution >= 4 is 23.1 Å². The molecule has 0 unspecified atom stereocenters. The Morgan fingerprint density at radius 2 is 2.12 bits per heavy atom. The molecule has 7 heteroatoms. The Morgan fingerprint density at radius 1 is 1.29 bits per heavy atom. The number of nitrogens with zero attached hydrogens (tertiary/aromatic N) is 4. The van der Waals surface area contributed by atoms with Gasteiger partial charge in [-0.2, -0.15) is 0 Å². The van der Waals surface area contributed by atoms with E-state index in [2.05, 4.69) is 21.4 Å². The van der Waals surface area contributed by atoms with Crippen molar-refractivity contribution in [2.75, 3.05) is 24.5 Å². The van der Waals surface area contributed by atoms with Crippen LogP contribution in [0, 0.1) is 11.7 Å². The van der Waals surface area contributed by atoms with Crippen molar-refractivity contribution in [2.24, 2.45) is 5.92 Å². The van der Waals surface area contributed by atoms with Gasteiger partial charge in [0.25, 0.3) is 0 Å². The molecule has 0 saturated carbocycles.